The topological polar surface area (TPSA) is 94.8 Å². The summed E-state index contributed by atoms with van der Waals surface area (Å²) in [4.78, 5) is 16.7. The molecule has 0 fully saturated rings. The minimum atomic E-state index is -0.455. The Morgan fingerprint density at radius 2 is 2.35 bits per heavy atom. The first-order valence-corrected chi connectivity index (χ1v) is 7.55. The van der Waals surface area contributed by atoms with Gasteiger partial charge in [-0.25, -0.2) is 4.79 Å². The maximum Gasteiger partial charge on any atom is 0.338 e. The molecule has 120 valence electrons. The fraction of sp³-hybridized carbons (Fsp3) is 0.400. The number of anilines is 1. The Morgan fingerprint density at radius 3 is 3.09 bits per heavy atom. The number of ether oxygens (including phenoxy) is 1. The predicted octanol–water partition coefficient (Wildman–Crippen LogP) is 1.70. The highest BCUT2D eigenvalue weighted by atomic mass is 16.5. The van der Waals surface area contributed by atoms with Crippen molar-refractivity contribution < 1.29 is 9.53 Å². The Morgan fingerprint density at radius 1 is 1.48 bits per heavy atom. The fourth-order valence-corrected chi connectivity index (χ4v) is 2.51. The van der Waals surface area contributed by atoms with Crippen LogP contribution in [0.15, 0.2) is 35.8 Å². The van der Waals surface area contributed by atoms with E-state index in [1.807, 2.05) is 26.0 Å². The second kappa shape index (κ2) is 6.55. The number of rotatable bonds is 5. The summed E-state index contributed by atoms with van der Waals surface area (Å²) in [6.07, 6.45) is 5.18. The molecule has 1 N–H and O–H groups in total. The molecule has 0 saturated heterocycles. The summed E-state index contributed by atoms with van der Waals surface area (Å²) in [5.74, 6) is 0.125. The highest BCUT2D eigenvalue weighted by molar-refractivity contribution is 5.92. The number of unbranched alkanes of at least 4 members (excludes halogenated alkanes) is 1. The Labute approximate surface area is 133 Å². The van der Waals surface area contributed by atoms with E-state index >= 15 is 0 Å². The Kier molecular flexibility index (Phi) is 4.31. The molecule has 0 radical (unpaired) electrons. The van der Waals surface area contributed by atoms with Crippen LogP contribution >= 0.6 is 0 Å². The molecular weight excluding hydrogens is 296 g/mol. The van der Waals surface area contributed by atoms with Crippen LogP contribution in [0.1, 0.15) is 38.3 Å². The first-order chi connectivity index (χ1) is 11.2. The molecule has 1 atom stereocenters. The van der Waals surface area contributed by atoms with Crippen LogP contribution in [0.2, 0.25) is 0 Å². The van der Waals surface area contributed by atoms with Crippen LogP contribution in [0, 0.1) is 0 Å². The van der Waals surface area contributed by atoms with Crippen molar-refractivity contribution in [1.82, 2.24) is 25.2 Å². The molecule has 23 heavy (non-hydrogen) atoms. The Bertz CT molecular complexity index is 725. The second-order valence-electron chi connectivity index (χ2n) is 5.29. The molecule has 0 bridgehead atoms. The van der Waals surface area contributed by atoms with E-state index < -0.39 is 6.04 Å². The van der Waals surface area contributed by atoms with Gasteiger partial charge in [-0.05, 0) is 35.4 Å². The number of nitrogens with zero attached hydrogens (tertiary/aromatic N) is 5. The number of fused-ring (bicyclic) bond motifs is 1. The van der Waals surface area contributed by atoms with E-state index in [1.54, 1.807) is 17.1 Å². The zero-order valence-electron chi connectivity index (χ0n) is 13.1. The summed E-state index contributed by atoms with van der Waals surface area (Å²) in [7, 11) is 0. The first-order valence-electron chi connectivity index (χ1n) is 7.55. The van der Waals surface area contributed by atoms with Crippen LogP contribution in [0.5, 0.6) is 0 Å². The molecule has 3 heterocycles. The van der Waals surface area contributed by atoms with Crippen LogP contribution in [-0.4, -0.2) is 37.8 Å². The minimum Gasteiger partial charge on any atom is -0.462 e. The molecule has 2 aromatic heterocycles. The maximum atomic E-state index is 12.6. The summed E-state index contributed by atoms with van der Waals surface area (Å²) in [5, 5.41) is 14.7. The summed E-state index contributed by atoms with van der Waals surface area (Å²) >= 11 is 0. The van der Waals surface area contributed by atoms with Crippen molar-refractivity contribution in [3.05, 3.63) is 41.4 Å². The van der Waals surface area contributed by atoms with Gasteiger partial charge in [-0.1, -0.05) is 24.5 Å². The molecule has 2 aromatic rings. The van der Waals surface area contributed by atoms with Crippen molar-refractivity contribution in [3.63, 3.8) is 0 Å². The van der Waals surface area contributed by atoms with Crippen molar-refractivity contribution in [2.45, 2.75) is 32.7 Å². The summed E-state index contributed by atoms with van der Waals surface area (Å²) in [6.45, 7) is 4.26. The van der Waals surface area contributed by atoms with Crippen LogP contribution in [0.4, 0.5) is 5.95 Å². The van der Waals surface area contributed by atoms with Gasteiger partial charge in [0.25, 0.3) is 0 Å². The molecule has 1 aliphatic heterocycles. The average Bonchev–Trinajstić information content (AvgIpc) is 3.02. The van der Waals surface area contributed by atoms with Gasteiger partial charge in [0.05, 0.1) is 12.2 Å². The van der Waals surface area contributed by atoms with Crippen molar-refractivity contribution in [2.75, 3.05) is 11.9 Å². The van der Waals surface area contributed by atoms with E-state index in [0.29, 0.717) is 23.8 Å². The van der Waals surface area contributed by atoms with Gasteiger partial charge in [0, 0.05) is 18.1 Å². The van der Waals surface area contributed by atoms with Crippen LogP contribution in [-0.2, 0) is 9.53 Å². The summed E-state index contributed by atoms with van der Waals surface area (Å²) < 4.78 is 6.97. The number of hydrogen-bond donors (Lipinski definition) is 1. The highest BCUT2D eigenvalue weighted by Crippen LogP contribution is 2.34. The predicted molar refractivity (Wildman–Crippen MR) is 82.4 cm³/mol. The molecule has 3 rings (SSSR count). The van der Waals surface area contributed by atoms with Gasteiger partial charge >= 0.3 is 5.97 Å². The number of aromatic nitrogens is 5. The molecular formula is C15H18N6O2. The van der Waals surface area contributed by atoms with Crippen LogP contribution in [0.25, 0.3) is 0 Å². The van der Waals surface area contributed by atoms with E-state index in [-0.39, 0.29) is 5.97 Å². The normalized spacial score (nSPS) is 16.7. The van der Waals surface area contributed by atoms with Gasteiger partial charge in [0.15, 0.2) is 0 Å². The van der Waals surface area contributed by atoms with E-state index in [1.165, 1.54) is 0 Å². The number of tetrazole rings is 1. The third kappa shape index (κ3) is 2.92. The number of allylic oxidation sites excluding steroid dienone is 1. The Hall–Kier alpha value is -2.77. The third-order valence-electron chi connectivity index (χ3n) is 3.67. The molecule has 0 aliphatic carbocycles. The molecule has 8 nitrogen and oxygen atoms in total. The monoisotopic (exact) mass is 314 g/mol. The highest BCUT2D eigenvalue weighted by Gasteiger charge is 2.34. The summed E-state index contributed by atoms with van der Waals surface area (Å²) in [5.41, 5.74) is 2.00. The van der Waals surface area contributed by atoms with Gasteiger partial charge in [0.1, 0.15) is 6.04 Å². The van der Waals surface area contributed by atoms with Crippen LogP contribution in [0.3, 0.4) is 0 Å². The van der Waals surface area contributed by atoms with Crippen LogP contribution < -0.4 is 5.32 Å². The lowest BCUT2D eigenvalue weighted by atomic mass is 9.97. The molecule has 0 amide bonds. The fourth-order valence-electron chi connectivity index (χ4n) is 2.51. The second-order valence-corrected chi connectivity index (χ2v) is 5.29. The standard InChI is InChI=1S/C15H18N6O2/c1-3-4-8-23-14(22)12-10(2)17-15-18-19-20-21(15)13(12)11-6-5-7-16-9-11/h5-7,9,13H,3-4,8H2,1-2H3,(H,17,18,20)/t13-/m0/s1. The number of carbonyl (C=O) groups is 1. The van der Waals surface area contributed by atoms with Gasteiger partial charge in [0.2, 0.25) is 5.95 Å². The van der Waals surface area contributed by atoms with Gasteiger partial charge < -0.3 is 10.1 Å². The number of esters is 1. The third-order valence-corrected chi connectivity index (χ3v) is 3.67. The van der Waals surface area contributed by atoms with E-state index in [0.717, 1.165) is 18.4 Å². The smallest absolute Gasteiger partial charge is 0.338 e. The number of pyridine rings is 1. The first kappa shape index (κ1) is 15.1. The number of nitrogens with one attached hydrogen (secondary N) is 1. The van der Waals surface area contributed by atoms with E-state index in [9.17, 15) is 4.79 Å². The zero-order valence-corrected chi connectivity index (χ0v) is 13.1. The lowest BCUT2D eigenvalue weighted by Gasteiger charge is -2.27. The molecule has 8 heteroatoms. The molecule has 0 unspecified atom stereocenters. The van der Waals surface area contributed by atoms with Crippen molar-refractivity contribution in [1.29, 1.82) is 0 Å². The van der Waals surface area contributed by atoms with E-state index in [2.05, 4.69) is 25.8 Å². The zero-order chi connectivity index (χ0) is 16.2. The lowest BCUT2D eigenvalue weighted by molar-refractivity contribution is -0.139. The minimum absolute atomic E-state index is 0.363. The SMILES string of the molecule is CCCCOC(=O)C1=C(C)Nc2nnnn2[C@H]1c1cccnc1. The lowest BCUT2D eigenvalue weighted by Crippen LogP contribution is -2.29. The molecule has 0 aromatic carbocycles. The van der Waals surface area contributed by atoms with Crippen molar-refractivity contribution >= 4 is 11.9 Å². The van der Waals surface area contributed by atoms with E-state index in [4.69, 9.17) is 4.74 Å². The largest absolute Gasteiger partial charge is 0.462 e. The van der Waals surface area contributed by atoms with Gasteiger partial charge in [-0.2, -0.15) is 4.68 Å². The Balaban J connectivity index is 1.99. The quantitative estimate of drug-likeness (QED) is 0.663. The number of hydrogen-bond acceptors (Lipinski definition) is 7. The van der Waals surface area contributed by atoms with Gasteiger partial charge in [-0.15, -0.1) is 0 Å². The van der Waals surface area contributed by atoms with Gasteiger partial charge in [-0.3, -0.25) is 4.98 Å². The number of carbonyl (C=O) groups excluding carboxylic acids is 1. The summed E-state index contributed by atoms with van der Waals surface area (Å²) in [6, 6.07) is 3.25. The maximum absolute atomic E-state index is 12.6. The molecule has 1 aliphatic rings. The van der Waals surface area contributed by atoms with Crippen molar-refractivity contribution in [3.8, 4) is 0 Å². The molecule has 0 spiro atoms. The molecule has 0 saturated carbocycles. The average molecular weight is 314 g/mol. The van der Waals surface area contributed by atoms with Crippen molar-refractivity contribution in [2.24, 2.45) is 0 Å².